The average molecular weight is 440 g/mol. The van der Waals surface area contributed by atoms with Gasteiger partial charge in [0.05, 0.1) is 6.26 Å². The van der Waals surface area contributed by atoms with Crippen LogP contribution in [0.2, 0.25) is 0 Å². The molecule has 3 heterocycles. The molecule has 2 fully saturated rings. The van der Waals surface area contributed by atoms with E-state index in [1.54, 1.807) is 4.90 Å². The zero-order valence-corrected chi connectivity index (χ0v) is 17.2. The fourth-order valence-corrected chi connectivity index (χ4v) is 4.76. The summed E-state index contributed by atoms with van der Waals surface area (Å²) in [4.78, 5) is 18.4. The predicted octanol–water partition coefficient (Wildman–Crippen LogP) is 1.80. The molecule has 0 unspecified atom stereocenters. The monoisotopic (exact) mass is 440 g/mol. The minimum atomic E-state index is -3.18. The summed E-state index contributed by atoms with van der Waals surface area (Å²) in [5, 5.41) is 4.05. The number of carbonyl (C=O) groups is 1. The Morgan fingerprint density at radius 2 is 1.90 bits per heavy atom. The lowest BCUT2D eigenvalue weighted by Gasteiger charge is -2.38. The van der Waals surface area contributed by atoms with Gasteiger partial charge in [0.25, 0.3) is 5.91 Å². The van der Waals surface area contributed by atoms with Crippen LogP contribution in [0, 0.1) is 17.6 Å². The molecular formula is C19H22F2N4O4S. The van der Waals surface area contributed by atoms with Gasteiger partial charge < -0.3 is 9.42 Å². The first-order valence-electron chi connectivity index (χ1n) is 9.72. The van der Waals surface area contributed by atoms with E-state index in [0.717, 1.165) is 12.1 Å². The molecule has 1 aromatic heterocycles. The van der Waals surface area contributed by atoms with Gasteiger partial charge in [-0.05, 0) is 31.0 Å². The van der Waals surface area contributed by atoms with Crippen molar-refractivity contribution in [2.24, 2.45) is 5.92 Å². The van der Waals surface area contributed by atoms with Crippen molar-refractivity contribution < 1.29 is 26.5 Å². The topological polar surface area (TPSA) is 96.6 Å². The van der Waals surface area contributed by atoms with Gasteiger partial charge in [0, 0.05) is 50.0 Å². The maximum Gasteiger partial charge on any atom is 0.253 e. The van der Waals surface area contributed by atoms with Gasteiger partial charge in [0.2, 0.25) is 15.9 Å². The summed E-state index contributed by atoms with van der Waals surface area (Å²) >= 11 is 0. The summed E-state index contributed by atoms with van der Waals surface area (Å²) in [6.45, 7) is 1.83. The van der Waals surface area contributed by atoms with E-state index in [2.05, 4.69) is 10.1 Å². The van der Waals surface area contributed by atoms with Gasteiger partial charge >= 0.3 is 0 Å². The van der Waals surface area contributed by atoms with Crippen LogP contribution in [0.1, 0.15) is 40.8 Å². The van der Waals surface area contributed by atoms with Crippen LogP contribution in [0.15, 0.2) is 22.7 Å². The molecule has 1 amide bonds. The molecule has 4 rings (SSSR count). The number of nitrogens with zero attached hydrogens (tertiary/aromatic N) is 4. The molecule has 0 radical (unpaired) electrons. The van der Waals surface area contributed by atoms with E-state index in [9.17, 15) is 22.0 Å². The highest BCUT2D eigenvalue weighted by molar-refractivity contribution is 7.88. The summed E-state index contributed by atoms with van der Waals surface area (Å²) in [7, 11) is -3.18. The van der Waals surface area contributed by atoms with Gasteiger partial charge in [-0.15, -0.1) is 0 Å². The van der Waals surface area contributed by atoms with Crippen LogP contribution >= 0.6 is 0 Å². The first-order chi connectivity index (χ1) is 14.2. The number of piperidine rings is 1. The molecule has 0 spiro atoms. The summed E-state index contributed by atoms with van der Waals surface area (Å²) in [5.41, 5.74) is 0.118. The molecule has 0 atom stereocenters. The van der Waals surface area contributed by atoms with Crippen molar-refractivity contribution in [1.82, 2.24) is 19.3 Å². The molecule has 30 heavy (non-hydrogen) atoms. The Morgan fingerprint density at radius 1 is 1.20 bits per heavy atom. The first-order valence-corrected chi connectivity index (χ1v) is 11.6. The lowest BCUT2D eigenvalue weighted by atomic mass is 9.95. The second-order valence-corrected chi connectivity index (χ2v) is 9.87. The average Bonchev–Trinajstić information content (AvgIpc) is 3.14. The summed E-state index contributed by atoms with van der Waals surface area (Å²) < 4.78 is 56.3. The number of carbonyl (C=O) groups excluding carboxylic acids is 1. The van der Waals surface area contributed by atoms with Crippen molar-refractivity contribution in [3.63, 3.8) is 0 Å². The Morgan fingerprint density at radius 3 is 2.53 bits per heavy atom. The second-order valence-electron chi connectivity index (χ2n) is 7.89. The van der Waals surface area contributed by atoms with Crippen LogP contribution in [-0.2, 0) is 16.4 Å². The van der Waals surface area contributed by atoms with Crippen molar-refractivity contribution in [2.45, 2.75) is 25.2 Å². The summed E-state index contributed by atoms with van der Waals surface area (Å²) in [6.07, 6.45) is 3.02. The van der Waals surface area contributed by atoms with Crippen molar-refractivity contribution >= 4 is 15.9 Å². The number of sulfonamides is 1. The van der Waals surface area contributed by atoms with Gasteiger partial charge in [-0.3, -0.25) is 4.79 Å². The second kappa shape index (κ2) is 8.03. The number of rotatable bonds is 5. The molecule has 2 saturated heterocycles. The van der Waals surface area contributed by atoms with Crippen molar-refractivity contribution in [3.05, 3.63) is 47.1 Å². The van der Waals surface area contributed by atoms with Crippen LogP contribution in [-0.4, -0.2) is 66.1 Å². The highest BCUT2D eigenvalue weighted by atomic mass is 32.2. The molecule has 0 N–H and O–H groups in total. The predicted molar refractivity (Wildman–Crippen MR) is 102 cm³/mol. The fraction of sp³-hybridized carbons (Fsp3) is 0.526. The quantitative estimate of drug-likeness (QED) is 0.704. The van der Waals surface area contributed by atoms with Crippen LogP contribution in [0.5, 0.6) is 0 Å². The lowest BCUT2D eigenvalue weighted by molar-refractivity contribution is 0.0486. The van der Waals surface area contributed by atoms with Crippen molar-refractivity contribution in [2.75, 3.05) is 32.4 Å². The molecule has 2 aliphatic rings. The maximum absolute atomic E-state index is 13.3. The Labute approximate surface area is 172 Å². The SMILES string of the molecule is CS(=O)(=O)N1CCC(c2noc(CC3CN(C(=O)c4ccc(F)c(F)c4)C3)n2)CC1. The number of aromatic nitrogens is 2. The standard InChI is InChI=1S/C19H22F2N4O4S/c1-30(27,28)25-6-4-13(5-7-25)18-22-17(29-23-18)8-12-10-24(11-12)19(26)14-2-3-15(20)16(21)9-14/h2-3,9,12-13H,4-8,10-11H2,1H3. The van der Waals surface area contributed by atoms with E-state index in [-0.39, 0.29) is 23.3 Å². The minimum Gasteiger partial charge on any atom is -0.339 e. The number of benzene rings is 1. The van der Waals surface area contributed by atoms with Crippen LogP contribution < -0.4 is 0 Å². The molecule has 2 aliphatic heterocycles. The summed E-state index contributed by atoms with van der Waals surface area (Å²) in [5.74, 6) is -1.07. The van der Waals surface area contributed by atoms with E-state index in [1.165, 1.54) is 16.6 Å². The fourth-order valence-electron chi connectivity index (χ4n) is 3.89. The van der Waals surface area contributed by atoms with Crippen molar-refractivity contribution in [3.8, 4) is 0 Å². The zero-order valence-electron chi connectivity index (χ0n) is 16.4. The van der Waals surface area contributed by atoms with Gasteiger partial charge in [-0.25, -0.2) is 21.5 Å². The summed E-state index contributed by atoms with van der Waals surface area (Å²) in [6, 6.07) is 3.12. The number of hydrogen-bond acceptors (Lipinski definition) is 6. The number of likely N-dealkylation sites (tertiary alicyclic amines) is 1. The molecule has 0 aliphatic carbocycles. The first kappa shape index (κ1) is 20.9. The minimum absolute atomic E-state index is 0.0633. The van der Waals surface area contributed by atoms with Gasteiger partial charge in [0.1, 0.15) is 0 Å². The van der Waals surface area contributed by atoms with E-state index in [0.29, 0.717) is 57.2 Å². The molecule has 162 valence electrons. The highest BCUT2D eigenvalue weighted by Gasteiger charge is 2.34. The molecule has 1 aromatic carbocycles. The van der Waals surface area contributed by atoms with E-state index in [1.807, 2.05) is 0 Å². The third-order valence-electron chi connectivity index (χ3n) is 5.65. The van der Waals surface area contributed by atoms with Crippen molar-refractivity contribution in [1.29, 1.82) is 0 Å². The Hall–Kier alpha value is -2.40. The normalized spacial score (nSPS) is 19.1. The van der Waals surface area contributed by atoms with E-state index >= 15 is 0 Å². The Kier molecular flexibility index (Phi) is 5.58. The zero-order chi connectivity index (χ0) is 21.5. The smallest absolute Gasteiger partial charge is 0.253 e. The molecule has 0 saturated carbocycles. The van der Waals surface area contributed by atoms with E-state index in [4.69, 9.17) is 4.52 Å². The van der Waals surface area contributed by atoms with Gasteiger partial charge in [0.15, 0.2) is 17.5 Å². The van der Waals surface area contributed by atoms with Gasteiger partial charge in [-0.2, -0.15) is 4.98 Å². The number of hydrogen-bond donors (Lipinski definition) is 0. The maximum atomic E-state index is 13.3. The van der Waals surface area contributed by atoms with Crippen LogP contribution in [0.4, 0.5) is 8.78 Å². The number of halogens is 2. The number of amides is 1. The van der Waals surface area contributed by atoms with Gasteiger partial charge in [-0.1, -0.05) is 5.16 Å². The highest BCUT2D eigenvalue weighted by Crippen LogP contribution is 2.28. The third-order valence-corrected chi connectivity index (χ3v) is 6.95. The lowest BCUT2D eigenvalue weighted by Crippen LogP contribution is -2.50. The van der Waals surface area contributed by atoms with Crippen LogP contribution in [0.25, 0.3) is 0 Å². The Bertz CT molecular complexity index is 1040. The third kappa shape index (κ3) is 4.36. The molecule has 2 aromatic rings. The molecule has 0 bridgehead atoms. The van der Waals surface area contributed by atoms with Crippen LogP contribution in [0.3, 0.4) is 0 Å². The molecule has 11 heteroatoms. The van der Waals surface area contributed by atoms with E-state index < -0.39 is 21.7 Å². The molecular weight excluding hydrogens is 418 g/mol. The molecule has 8 nitrogen and oxygen atoms in total. The largest absolute Gasteiger partial charge is 0.339 e. The Balaban J connectivity index is 1.28.